The number of aliphatic carboxylic acids is 1. The third kappa shape index (κ3) is 5.58. The first-order valence-electron chi connectivity index (χ1n) is 8.20. The van der Waals surface area contributed by atoms with E-state index >= 15 is 0 Å². The van der Waals surface area contributed by atoms with Gasteiger partial charge in [-0.15, -0.1) is 0 Å². The number of carboxylic acid groups (broad SMARTS) is 1. The van der Waals surface area contributed by atoms with Gasteiger partial charge in [-0.3, -0.25) is 4.79 Å². The van der Waals surface area contributed by atoms with E-state index in [-0.39, 0.29) is 18.6 Å². The molecule has 0 aliphatic rings. The van der Waals surface area contributed by atoms with Crippen molar-refractivity contribution in [1.82, 2.24) is 10.2 Å². The smallest absolute Gasteiger partial charge is 0.317 e. The molecule has 5 nitrogen and oxygen atoms in total. The van der Waals surface area contributed by atoms with Crippen molar-refractivity contribution in [3.8, 4) is 0 Å². The minimum absolute atomic E-state index is 0.0683. The first-order chi connectivity index (χ1) is 10.9. The van der Waals surface area contributed by atoms with Crippen LogP contribution in [0.2, 0.25) is 0 Å². The van der Waals surface area contributed by atoms with Crippen LogP contribution in [-0.4, -0.2) is 35.6 Å². The molecule has 128 valence electrons. The van der Waals surface area contributed by atoms with Gasteiger partial charge in [-0.05, 0) is 11.5 Å². The Bertz CT molecular complexity index is 500. The Morgan fingerprint density at radius 1 is 1.17 bits per heavy atom. The van der Waals surface area contributed by atoms with Crippen molar-refractivity contribution in [2.45, 2.75) is 39.7 Å². The van der Waals surface area contributed by atoms with Gasteiger partial charge in [-0.2, -0.15) is 0 Å². The van der Waals surface area contributed by atoms with Gasteiger partial charge in [0.1, 0.15) is 0 Å². The van der Waals surface area contributed by atoms with Gasteiger partial charge in [0.05, 0.1) is 12.0 Å². The molecule has 0 fully saturated rings. The predicted octanol–water partition coefficient (Wildman–Crippen LogP) is 3.53. The monoisotopic (exact) mass is 320 g/mol. The third-order valence-electron chi connectivity index (χ3n) is 4.27. The molecule has 1 aromatic carbocycles. The molecular weight excluding hydrogens is 292 g/mol. The maximum atomic E-state index is 12.4. The lowest BCUT2D eigenvalue weighted by Gasteiger charge is -2.29. The number of amides is 2. The van der Waals surface area contributed by atoms with Crippen molar-refractivity contribution < 1.29 is 14.7 Å². The average Bonchev–Trinajstić information content (AvgIpc) is 2.55. The molecule has 2 amide bonds. The number of nitrogens with one attached hydrogen (secondary N) is 1. The van der Waals surface area contributed by atoms with Crippen LogP contribution in [0.15, 0.2) is 30.3 Å². The van der Waals surface area contributed by atoms with E-state index < -0.39 is 11.9 Å². The van der Waals surface area contributed by atoms with E-state index in [1.807, 2.05) is 30.3 Å². The van der Waals surface area contributed by atoms with E-state index in [1.165, 1.54) is 4.90 Å². The predicted molar refractivity (Wildman–Crippen MR) is 91.2 cm³/mol. The Morgan fingerprint density at radius 2 is 1.74 bits per heavy atom. The lowest BCUT2D eigenvalue weighted by Crippen LogP contribution is -2.43. The van der Waals surface area contributed by atoms with Gasteiger partial charge in [0.15, 0.2) is 0 Å². The number of hydrogen-bond donors (Lipinski definition) is 2. The highest BCUT2D eigenvalue weighted by molar-refractivity contribution is 5.76. The van der Waals surface area contributed by atoms with Crippen LogP contribution in [-0.2, 0) is 4.79 Å². The maximum Gasteiger partial charge on any atom is 0.317 e. The Morgan fingerprint density at radius 3 is 2.22 bits per heavy atom. The van der Waals surface area contributed by atoms with Crippen molar-refractivity contribution in [2.75, 3.05) is 13.6 Å². The van der Waals surface area contributed by atoms with Crippen molar-refractivity contribution in [1.29, 1.82) is 0 Å². The van der Waals surface area contributed by atoms with E-state index in [4.69, 9.17) is 5.11 Å². The van der Waals surface area contributed by atoms with Gasteiger partial charge in [0, 0.05) is 13.6 Å². The number of urea groups is 1. The topological polar surface area (TPSA) is 69.6 Å². The van der Waals surface area contributed by atoms with Crippen LogP contribution in [0.1, 0.15) is 45.2 Å². The molecule has 23 heavy (non-hydrogen) atoms. The van der Waals surface area contributed by atoms with E-state index in [1.54, 1.807) is 14.0 Å². The normalized spacial score (nSPS) is 13.4. The Kier molecular flexibility index (Phi) is 7.59. The third-order valence-corrected chi connectivity index (χ3v) is 4.27. The first kappa shape index (κ1) is 19.0. The number of carbonyl (C=O) groups is 2. The van der Waals surface area contributed by atoms with Crippen molar-refractivity contribution in [3.05, 3.63) is 35.9 Å². The molecule has 0 heterocycles. The minimum atomic E-state index is -0.899. The summed E-state index contributed by atoms with van der Waals surface area (Å²) in [5.74, 6) is -1.15. The molecular formula is C18H28N2O3. The highest BCUT2D eigenvalue weighted by Gasteiger charge is 2.25. The fourth-order valence-corrected chi connectivity index (χ4v) is 2.71. The Hall–Kier alpha value is -2.04. The zero-order chi connectivity index (χ0) is 17.4. The van der Waals surface area contributed by atoms with E-state index in [9.17, 15) is 9.59 Å². The summed E-state index contributed by atoms with van der Waals surface area (Å²) in [5, 5.41) is 12.1. The molecule has 5 heteroatoms. The summed E-state index contributed by atoms with van der Waals surface area (Å²) in [6.07, 6.45) is 1.93. The standard InChI is InChI=1S/C18H28N2O3/c1-5-14(6-2)16(15-10-8-7-9-11-15)19-18(23)20(4)12-13(3)17(21)22/h7-11,13-14,16H,5-6,12H2,1-4H3,(H,19,23)(H,21,22). The summed E-state index contributed by atoms with van der Waals surface area (Å²) in [5.41, 5.74) is 1.08. The van der Waals surface area contributed by atoms with Gasteiger partial charge < -0.3 is 15.3 Å². The van der Waals surface area contributed by atoms with Crippen LogP contribution < -0.4 is 5.32 Å². The highest BCUT2D eigenvalue weighted by atomic mass is 16.4. The van der Waals surface area contributed by atoms with E-state index in [0.717, 1.165) is 18.4 Å². The SMILES string of the molecule is CCC(CC)C(NC(=O)N(C)CC(C)C(=O)O)c1ccccc1. The van der Waals surface area contributed by atoms with E-state index in [2.05, 4.69) is 19.2 Å². The Balaban J connectivity index is 2.84. The van der Waals surface area contributed by atoms with Crippen LogP contribution in [0.25, 0.3) is 0 Å². The largest absolute Gasteiger partial charge is 0.481 e. The molecule has 2 unspecified atom stereocenters. The van der Waals surface area contributed by atoms with Crippen LogP contribution in [0.5, 0.6) is 0 Å². The molecule has 1 rings (SSSR count). The van der Waals surface area contributed by atoms with Crippen LogP contribution in [0, 0.1) is 11.8 Å². The lowest BCUT2D eigenvalue weighted by atomic mass is 9.89. The van der Waals surface area contributed by atoms with Gasteiger partial charge in [-0.1, -0.05) is 63.9 Å². The number of benzene rings is 1. The molecule has 2 N–H and O–H groups in total. The fraction of sp³-hybridized carbons (Fsp3) is 0.556. The maximum absolute atomic E-state index is 12.4. The molecule has 0 radical (unpaired) electrons. The van der Waals surface area contributed by atoms with Crippen LogP contribution >= 0.6 is 0 Å². The van der Waals surface area contributed by atoms with E-state index in [0.29, 0.717) is 5.92 Å². The summed E-state index contributed by atoms with van der Waals surface area (Å²) >= 11 is 0. The zero-order valence-corrected chi connectivity index (χ0v) is 14.5. The summed E-state index contributed by atoms with van der Waals surface area (Å²) in [4.78, 5) is 24.8. The fourth-order valence-electron chi connectivity index (χ4n) is 2.71. The molecule has 0 aliphatic carbocycles. The number of carbonyl (C=O) groups excluding carboxylic acids is 1. The van der Waals surface area contributed by atoms with Crippen molar-refractivity contribution in [2.24, 2.45) is 11.8 Å². The number of hydrogen-bond acceptors (Lipinski definition) is 2. The van der Waals surface area contributed by atoms with Gasteiger partial charge >= 0.3 is 12.0 Å². The molecule has 0 saturated carbocycles. The van der Waals surface area contributed by atoms with Crippen molar-refractivity contribution in [3.63, 3.8) is 0 Å². The Labute approximate surface area is 138 Å². The zero-order valence-electron chi connectivity index (χ0n) is 14.5. The minimum Gasteiger partial charge on any atom is -0.481 e. The first-order valence-corrected chi connectivity index (χ1v) is 8.20. The second kappa shape index (κ2) is 9.18. The molecule has 0 bridgehead atoms. The summed E-state index contributed by atoms with van der Waals surface area (Å²) in [6.45, 7) is 6.02. The lowest BCUT2D eigenvalue weighted by molar-refractivity contribution is -0.141. The second-order valence-corrected chi connectivity index (χ2v) is 6.03. The summed E-state index contributed by atoms with van der Waals surface area (Å²) < 4.78 is 0. The second-order valence-electron chi connectivity index (χ2n) is 6.03. The van der Waals surface area contributed by atoms with Gasteiger partial charge in [0.2, 0.25) is 0 Å². The summed E-state index contributed by atoms with van der Waals surface area (Å²) in [6, 6.07) is 9.61. The number of carboxylic acids is 1. The molecule has 2 atom stereocenters. The average molecular weight is 320 g/mol. The molecule has 0 aliphatic heterocycles. The van der Waals surface area contributed by atoms with Gasteiger partial charge in [0.25, 0.3) is 0 Å². The quantitative estimate of drug-likeness (QED) is 0.770. The summed E-state index contributed by atoms with van der Waals surface area (Å²) in [7, 11) is 1.63. The molecule has 1 aromatic rings. The molecule has 0 aromatic heterocycles. The van der Waals surface area contributed by atoms with Crippen LogP contribution in [0.4, 0.5) is 4.79 Å². The van der Waals surface area contributed by atoms with Gasteiger partial charge in [-0.25, -0.2) is 4.79 Å². The highest BCUT2D eigenvalue weighted by Crippen LogP contribution is 2.27. The van der Waals surface area contributed by atoms with Crippen molar-refractivity contribution >= 4 is 12.0 Å². The molecule has 0 spiro atoms. The number of nitrogens with zero attached hydrogens (tertiary/aromatic N) is 1. The van der Waals surface area contributed by atoms with Crippen LogP contribution in [0.3, 0.4) is 0 Å². The number of rotatable bonds is 8. The molecule has 0 saturated heterocycles.